The van der Waals surface area contributed by atoms with Gasteiger partial charge in [0.15, 0.2) is 5.96 Å². The Morgan fingerprint density at radius 2 is 1.97 bits per heavy atom. The third kappa shape index (κ3) is 7.72. The van der Waals surface area contributed by atoms with Gasteiger partial charge in [0, 0.05) is 44.9 Å². The summed E-state index contributed by atoms with van der Waals surface area (Å²) in [5.74, 6) is 1.74. The zero-order valence-electron chi connectivity index (χ0n) is 18.0. The van der Waals surface area contributed by atoms with E-state index in [4.69, 9.17) is 14.5 Å². The number of guanidine groups is 1. The van der Waals surface area contributed by atoms with Crippen molar-refractivity contribution in [2.75, 3.05) is 46.1 Å². The van der Waals surface area contributed by atoms with Crippen molar-refractivity contribution < 1.29 is 9.47 Å². The number of hydrogen-bond acceptors (Lipinski definition) is 3. The molecule has 0 spiro atoms. The minimum absolute atomic E-state index is 0. The molecule has 164 valence electrons. The van der Waals surface area contributed by atoms with E-state index < -0.39 is 0 Å². The molecular formula is C23H38IN3O2. The highest BCUT2D eigenvalue weighted by Gasteiger charge is 2.35. The first-order valence-corrected chi connectivity index (χ1v) is 11.0. The normalized spacial score (nSPS) is 18.8. The van der Waals surface area contributed by atoms with Crippen molar-refractivity contribution >= 4 is 29.9 Å². The molecule has 0 bridgehead atoms. The average Bonchev–Trinajstić information content (AvgIpc) is 3.54. The van der Waals surface area contributed by atoms with E-state index in [1.165, 1.54) is 24.0 Å². The number of nitrogens with one attached hydrogen (secondary N) is 2. The molecule has 0 radical (unpaired) electrons. The zero-order chi connectivity index (χ0) is 19.7. The maximum absolute atomic E-state index is 5.73. The third-order valence-electron chi connectivity index (χ3n) is 5.86. The highest BCUT2D eigenvalue weighted by atomic mass is 127. The van der Waals surface area contributed by atoms with Crippen LogP contribution in [0.4, 0.5) is 0 Å². The van der Waals surface area contributed by atoms with Crippen molar-refractivity contribution in [3.05, 3.63) is 35.4 Å². The average molecular weight is 515 g/mol. The number of aryl methyl sites for hydroxylation is 1. The summed E-state index contributed by atoms with van der Waals surface area (Å²) >= 11 is 0. The Morgan fingerprint density at radius 3 is 2.66 bits per heavy atom. The van der Waals surface area contributed by atoms with Gasteiger partial charge in [-0.2, -0.15) is 0 Å². The Balaban J connectivity index is 0.00000300. The smallest absolute Gasteiger partial charge is 0.191 e. The fraction of sp³-hybridized carbons (Fsp3) is 0.696. The van der Waals surface area contributed by atoms with E-state index in [2.05, 4.69) is 48.7 Å². The van der Waals surface area contributed by atoms with Crippen LogP contribution in [0.15, 0.2) is 29.3 Å². The van der Waals surface area contributed by atoms with Gasteiger partial charge in [0.2, 0.25) is 0 Å². The largest absolute Gasteiger partial charge is 0.381 e. The standard InChI is InChI=1S/C23H37N3O2.HI/c1-3-24-22(25-13-6-14-28-17-20-9-10-20)26-18-23(11-15-27-16-12-23)21-8-5-4-7-19(21)2;/h4-5,7-8,20H,3,6,9-18H2,1-2H3,(H2,24,25,26);1H. The molecule has 1 saturated carbocycles. The topological polar surface area (TPSA) is 54.9 Å². The molecule has 1 aliphatic carbocycles. The molecule has 2 N–H and O–H groups in total. The van der Waals surface area contributed by atoms with Crippen molar-refractivity contribution in [3.8, 4) is 0 Å². The second-order valence-corrected chi connectivity index (χ2v) is 8.20. The lowest BCUT2D eigenvalue weighted by Crippen LogP contribution is -2.42. The summed E-state index contributed by atoms with van der Waals surface area (Å²) in [6.07, 6.45) is 5.76. The van der Waals surface area contributed by atoms with Gasteiger partial charge in [-0.25, -0.2) is 0 Å². The van der Waals surface area contributed by atoms with Crippen LogP contribution >= 0.6 is 24.0 Å². The number of aliphatic imine (C=N–C) groups is 1. The van der Waals surface area contributed by atoms with Gasteiger partial charge in [0.05, 0.1) is 6.54 Å². The fourth-order valence-electron chi connectivity index (χ4n) is 3.93. The molecule has 2 aliphatic rings. The van der Waals surface area contributed by atoms with Gasteiger partial charge in [-0.05, 0) is 63.0 Å². The van der Waals surface area contributed by atoms with Gasteiger partial charge in [-0.15, -0.1) is 24.0 Å². The minimum atomic E-state index is 0. The van der Waals surface area contributed by atoms with E-state index >= 15 is 0 Å². The molecule has 1 saturated heterocycles. The van der Waals surface area contributed by atoms with Crippen LogP contribution in [0, 0.1) is 12.8 Å². The van der Waals surface area contributed by atoms with Crippen LogP contribution in [0.3, 0.4) is 0 Å². The predicted molar refractivity (Wildman–Crippen MR) is 130 cm³/mol. The molecule has 1 aromatic rings. The molecular weight excluding hydrogens is 477 g/mol. The van der Waals surface area contributed by atoms with E-state index in [1.54, 1.807) is 0 Å². The van der Waals surface area contributed by atoms with Gasteiger partial charge in [-0.1, -0.05) is 24.3 Å². The van der Waals surface area contributed by atoms with Crippen molar-refractivity contribution in [3.63, 3.8) is 0 Å². The Kier molecular flexibility index (Phi) is 10.7. The van der Waals surface area contributed by atoms with Gasteiger partial charge < -0.3 is 20.1 Å². The van der Waals surface area contributed by atoms with Crippen LogP contribution in [-0.4, -0.2) is 52.0 Å². The Morgan fingerprint density at radius 1 is 1.21 bits per heavy atom. The van der Waals surface area contributed by atoms with Gasteiger partial charge in [0.25, 0.3) is 0 Å². The number of ether oxygens (including phenoxy) is 2. The van der Waals surface area contributed by atoms with Crippen LogP contribution in [0.5, 0.6) is 0 Å². The van der Waals surface area contributed by atoms with Crippen molar-refractivity contribution in [2.45, 2.75) is 51.4 Å². The number of halogens is 1. The first-order valence-electron chi connectivity index (χ1n) is 11.0. The van der Waals surface area contributed by atoms with Crippen LogP contribution in [0.2, 0.25) is 0 Å². The van der Waals surface area contributed by atoms with Gasteiger partial charge in [-0.3, -0.25) is 4.99 Å². The maximum Gasteiger partial charge on any atom is 0.191 e. The number of hydrogen-bond donors (Lipinski definition) is 2. The second-order valence-electron chi connectivity index (χ2n) is 8.20. The molecule has 1 aromatic carbocycles. The second kappa shape index (κ2) is 12.7. The lowest BCUT2D eigenvalue weighted by atomic mass is 9.72. The SMILES string of the molecule is CCNC(=NCC1(c2ccccc2C)CCOCC1)NCCCOCC1CC1.I. The van der Waals surface area contributed by atoms with Crippen molar-refractivity contribution in [2.24, 2.45) is 10.9 Å². The maximum atomic E-state index is 5.73. The molecule has 1 aliphatic heterocycles. The highest BCUT2D eigenvalue weighted by Crippen LogP contribution is 2.37. The lowest BCUT2D eigenvalue weighted by molar-refractivity contribution is 0.0529. The Bertz CT molecular complexity index is 628. The summed E-state index contributed by atoms with van der Waals surface area (Å²) in [6.45, 7) is 10.2. The molecule has 3 rings (SSSR count). The molecule has 0 unspecified atom stereocenters. The van der Waals surface area contributed by atoms with Gasteiger partial charge in [0.1, 0.15) is 0 Å². The molecule has 0 amide bonds. The molecule has 5 nitrogen and oxygen atoms in total. The first kappa shape index (κ1) is 24.4. The van der Waals surface area contributed by atoms with Crippen molar-refractivity contribution in [1.82, 2.24) is 10.6 Å². The summed E-state index contributed by atoms with van der Waals surface area (Å²) in [7, 11) is 0. The quantitative estimate of drug-likeness (QED) is 0.214. The van der Waals surface area contributed by atoms with E-state index in [1.807, 2.05) is 0 Å². The monoisotopic (exact) mass is 515 g/mol. The van der Waals surface area contributed by atoms with E-state index in [9.17, 15) is 0 Å². The number of rotatable bonds is 10. The summed E-state index contributed by atoms with van der Waals surface area (Å²) in [5, 5.41) is 6.87. The summed E-state index contributed by atoms with van der Waals surface area (Å²) in [6, 6.07) is 8.75. The number of benzene rings is 1. The molecule has 0 atom stereocenters. The third-order valence-corrected chi connectivity index (χ3v) is 5.86. The van der Waals surface area contributed by atoms with E-state index in [0.29, 0.717) is 0 Å². The summed E-state index contributed by atoms with van der Waals surface area (Å²) < 4.78 is 11.4. The molecule has 0 aromatic heterocycles. The minimum Gasteiger partial charge on any atom is -0.381 e. The molecule has 6 heteroatoms. The molecule has 1 heterocycles. The fourth-order valence-corrected chi connectivity index (χ4v) is 3.93. The predicted octanol–water partition coefficient (Wildman–Crippen LogP) is 4.03. The Hall–Kier alpha value is -0.860. The van der Waals surface area contributed by atoms with Crippen molar-refractivity contribution in [1.29, 1.82) is 0 Å². The van der Waals surface area contributed by atoms with Crippen LogP contribution < -0.4 is 10.6 Å². The van der Waals surface area contributed by atoms with E-state index in [0.717, 1.165) is 77.2 Å². The van der Waals surface area contributed by atoms with E-state index in [-0.39, 0.29) is 29.4 Å². The van der Waals surface area contributed by atoms with Crippen LogP contribution in [0.25, 0.3) is 0 Å². The highest BCUT2D eigenvalue weighted by molar-refractivity contribution is 14.0. The number of nitrogens with zero attached hydrogens (tertiary/aromatic N) is 1. The molecule has 29 heavy (non-hydrogen) atoms. The zero-order valence-corrected chi connectivity index (χ0v) is 20.4. The molecule has 2 fully saturated rings. The lowest BCUT2D eigenvalue weighted by Gasteiger charge is -2.37. The summed E-state index contributed by atoms with van der Waals surface area (Å²) in [5.41, 5.74) is 2.84. The van der Waals surface area contributed by atoms with Crippen LogP contribution in [-0.2, 0) is 14.9 Å². The Labute approximate surface area is 193 Å². The van der Waals surface area contributed by atoms with Crippen LogP contribution in [0.1, 0.15) is 50.2 Å². The first-order chi connectivity index (χ1) is 13.7. The summed E-state index contributed by atoms with van der Waals surface area (Å²) in [4.78, 5) is 4.98. The van der Waals surface area contributed by atoms with Gasteiger partial charge >= 0.3 is 0 Å².